The van der Waals surface area contributed by atoms with E-state index < -0.39 is 11.9 Å². The fraction of sp³-hybridized carbons (Fsp3) is 0.400. The molecule has 0 saturated carbocycles. The van der Waals surface area contributed by atoms with Gasteiger partial charge in [0.2, 0.25) is 5.91 Å². The maximum atomic E-state index is 13.6. The highest BCUT2D eigenvalue weighted by Crippen LogP contribution is 2.25. The molecule has 2 aromatic rings. The van der Waals surface area contributed by atoms with Crippen LogP contribution in [0.4, 0.5) is 10.1 Å². The summed E-state index contributed by atoms with van der Waals surface area (Å²) in [6, 6.07) is 4.36. The maximum absolute atomic E-state index is 13.6. The van der Waals surface area contributed by atoms with Gasteiger partial charge in [-0.05, 0) is 31.5 Å². The van der Waals surface area contributed by atoms with E-state index in [2.05, 4.69) is 15.4 Å². The van der Waals surface area contributed by atoms with Crippen LogP contribution in [0.5, 0.6) is 0 Å². The van der Waals surface area contributed by atoms with Gasteiger partial charge in [0, 0.05) is 24.8 Å². The van der Waals surface area contributed by atoms with Crippen LogP contribution in [0.1, 0.15) is 19.4 Å². The second-order valence-electron chi connectivity index (χ2n) is 5.59. The largest absolute Gasteiger partial charge is 0.369 e. The summed E-state index contributed by atoms with van der Waals surface area (Å²) in [6.45, 7) is 3.16. The number of aromatic nitrogens is 3. The molecule has 8 heteroatoms. The third kappa shape index (κ3) is 3.44. The molecule has 0 unspecified atom stereocenters. The first-order valence-electron chi connectivity index (χ1n) is 7.39. The minimum Gasteiger partial charge on any atom is -0.369 e. The molecule has 0 aliphatic carbocycles. The monoisotopic (exact) mass is 337 g/mol. The van der Waals surface area contributed by atoms with Gasteiger partial charge in [-0.2, -0.15) is 5.10 Å². The number of amides is 1. The zero-order chi connectivity index (χ0) is 16.4. The third-order valence-corrected chi connectivity index (χ3v) is 4.32. The number of carbonyl (C=O) groups is 1. The Morgan fingerprint density at radius 1 is 1.52 bits per heavy atom. The number of hydrogen-bond donors (Lipinski definition) is 1. The minimum absolute atomic E-state index is 0.0206. The van der Waals surface area contributed by atoms with E-state index in [0.29, 0.717) is 6.54 Å². The average molecular weight is 338 g/mol. The third-order valence-electron chi connectivity index (χ3n) is 4.02. The van der Waals surface area contributed by atoms with Crippen LogP contribution in [-0.4, -0.2) is 39.8 Å². The maximum Gasteiger partial charge on any atom is 0.244 e. The van der Waals surface area contributed by atoms with Gasteiger partial charge in [-0.25, -0.2) is 14.1 Å². The number of anilines is 1. The van der Waals surface area contributed by atoms with Crippen molar-refractivity contribution in [2.75, 3.05) is 18.0 Å². The van der Waals surface area contributed by atoms with E-state index in [0.717, 1.165) is 18.7 Å². The van der Waals surface area contributed by atoms with Crippen molar-refractivity contribution in [2.45, 2.75) is 25.4 Å². The molecule has 0 bridgehead atoms. The molecule has 1 fully saturated rings. The molecule has 6 nitrogen and oxygen atoms in total. The highest BCUT2D eigenvalue weighted by molar-refractivity contribution is 6.30. The molecule has 0 radical (unpaired) electrons. The van der Waals surface area contributed by atoms with Gasteiger partial charge in [0.05, 0.1) is 5.02 Å². The van der Waals surface area contributed by atoms with Gasteiger partial charge in [0.25, 0.3) is 0 Å². The summed E-state index contributed by atoms with van der Waals surface area (Å²) in [5.74, 6) is -0.541. The zero-order valence-corrected chi connectivity index (χ0v) is 13.4. The topological polar surface area (TPSA) is 63.1 Å². The van der Waals surface area contributed by atoms with Crippen molar-refractivity contribution in [2.24, 2.45) is 0 Å². The Hall–Kier alpha value is -2.15. The van der Waals surface area contributed by atoms with E-state index >= 15 is 0 Å². The van der Waals surface area contributed by atoms with Crippen molar-refractivity contribution in [1.82, 2.24) is 20.1 Å². The van der Waals surface area contributed by atoms with Gasteiger partial charge < -0.3 is 10.2 Å². The molecule has 0 spiro atoms. The minimum atomic E-state index is -0.434. The van der Waals surface area contributed by atoms with Gasteiger partial charge in [-0.3, -0.25) is 4.79 Å². The summed E-state index contributed by atoms with van der Waals surface area (Å²) in [6.07, 6.45) is 3.72. The van der Waals surface area contributed by atoms with Gasteiger partial charge >= 0.3 is 0 Å². The molecular weight excluding hydrogens is 321 g/mol. The lowest BCUT2D eigenvalue weighted by Crippen LogP contribution is -2.40. The summed E-state index contributed by atoms with van der Waals surface area (Å²) in [4.78, 5) is 18.1. The summed E-state index contributed by atoms with van der Waals surface area (Å²) < 4.78 is 15.1. The van der Waals surface area contributed by atoms with E-state index in [4.69, 9.17) is 11.6 Å². The summed E-state index contributed by atoms with van der Waals surface area (Å²) in [5, 5.41) is 7.09. The zero-order valence-electron chi connectivity index (χ0n) is 12.6. The Labute approximate surface area is 138 Å². The molecule has 1 aromatic heterocycles. The van der Waals surface area contributed by atoms with Crippen molar-refractivity contribution in [3.63, 3.8) is 0 Å². The van der Waals surface area contributed by atoms with Crippen molar-refractivity contribution in [1.29, 1.82) is 0 Å². The molecule has 1 aliphatic heterocycles. The predicted molar refractivity (Wildman–Crippen MR) is 84.9 cm³/mol. The van der Waals surface area contributed by atoms with Crippen LogP contribution >= 0.6 is 11.6 Å². The second kappa shape index (κ2) is 6.54. The number of benzene rings is 1. The van der Waals surface area contributed by atoms with Crippen LogP contribution in [0, 0.1) is 5.82 Å². The Morgan fingerprint density at radius 3 is 3.04 bits per heavy atom. The van der Waals surface area contributed by atoms with Crippen molar-refractivity contribution < 1.29 is 9.18 Å². The standard InChI is InChI=1S/C15H17ClFN5O/c1-10(22-9-18-8-19-22)15(23)20-11-4-5-21(7-11)12-2-3-13(16)14(17)6-12/h2-3,6,8-11H,4-5,7H2,1H3,(H,20,23)/t10-,11+/m0/s1. The first-order valence-corrected chi connectivity index (χ1v) is 7.77. The van der Waals surface area contributed by atoms with Crippen molar-refractivity contribution in [3.8, 4) is 0 Å². The van der Waals surface area contributed by atoms with Crippen LogP contribution in [0.25, 0.3) is 0 Å². The number of nitrogens with zero attached hydrogens (tertiary/aromatic N) is 4. The first-order chi connectivity index (χ1) is 11.0. The van der Waals surface area contributed by atoms with E-state index in [1.165, 1.54) is 23.4 Å². The molecule has 2 heterocycles. The van der Waals surface area contributed by atoms with Crippen LogP contribution in [0.2, 0.25) is 5.02 Å². The molecular formula is C15H17ClFN5O. The highest BCUT2D eigenvalue weighted by atomic mass is 35.5. The van der Waals surface area contributed by atoms with Crippen LogP contribution < -0.4 is 10.2 Å². The summed E-state index contributed by atoms with van der Waals surface area (Å²) in [7, 11) is 0. The van der Waals surface area contributed by atoms with E-state index in [1.807, 2.05) is 4.90 Å². The van der Waals surface area contributed by atoms with Crippen molar-refractivity contribution >= 4 is 23.2 Å². The molecule has 1 aliphatic rings. The lowest BCUT2D eigenvalue weighted by atomic mass is 10.2. The Bertz CT molecular complexity index is 693. The lowest BCUT2D eigenvalue weighted by Gasteiger charge is -2.20. The van der Waals surface area contributed by atoms with Gasteiger partial charge in [-0.15, -0.1) is 0 Å². The smallest absolute Gasteiger partial charge is 0.244 e. The highest BCUT2D eigenvalue weighted by Gasteiger charge is 2.26. The average Bonchev–Trinajstić information content (AvgIpc) is 3.20. The first kappa shape index (κ1) is 15.7. The van der Waals surface area contributed by atoms with E-state index in [-0.39, 0.29) is 17.0 Å². The number of hydrogen-bond acceptors (Lipinski definition) is 4. The van der Waals surface area contributed by atoms with Crippen molar-refractivity contribution in [3.05, 3.63) is 41.7 Å². The van der Waals surface area contributed by atoms with Crippen LogP contribution in [0.15, 0.2) is 30.9 Å². The lowest BCUT2D eigenvalue weighted by molar-refractivity contribution is -0.124. The molecule has 2 atom stereocenters. The van der Waals surface area contributed by atoms with Crippen LogP contribution in [0.3, 0.4) is 0 Å². The number of rotatable bonds is 4. The van der Waals surface area contributed by atoms with Gasteiger partial charge in [-0.1, -0.05) is 11.6 Å². The van der Waals surface area contributed by atoms with E-state index in [1.54, 1.807) is 19.1 Å². The molecule has 1 amide bonds. The molecule has 1 aromatic carbocycles. The molecule has 1 N–H and O–H groups in total. The fourth-order valence-electron chi connectivity index (χ4n) is 2.65. The van der Waals surface area contributed by atoms with Gasteiger partial charge in [0.1, 0.15) is 24.5 Å². The van der Waals surface area contributed by atoms with Gasteiger partial charge in [0.15, 0.2) is 0 Å². The molecule has 3 rings (SSSR count). The Morgan fingerprint density at radius 2 is 2.35 bits per heavy atom. The fourth-order valence-corrected chi connectivity index (χ4v) is 2.77. The SMILES string of the molecule is C[C@@H](C(=O)N[C@@H]1CCN(c2ccc(Cl)c(F)c2)C1)n1cncn1. The molecule has 23 heavy (non-hydrogen) atoms. The Kier molecular flexibility index (Phi) is 4.47. The quantitative estimate of drug-likeness (QED) is 0.927. The van der Waals surface area contributed by atoms with E-state index in [9.17, 15) is 9.18 Å². The second-order valence-corrected chi connectivity index (χ2v) is 6.00. The summed E-state index contributed by atoms with van der Waals surface area (Å²) >= 11 is 5.70. The predicted octanol–water partition coefficient (Wildman–Crippen LogP) is 2.03. The number of nitrogens with one attached hydrogen (secondary N) is 1. The summed E-state index contributed by atoms with van der Waals surface area (Å²) in [5.41, 5.74) is 0.771. The van der Waals surface area contributed by atoms with Crippen LogP contribution in [-0.2, 0) is 4.79 Å². The number of carbonyl (C=O) groups excluding carboxylic acids is 1. The Balaban J connectivity index is 1.59. The molecule has 1 saturated heterocycles. The molecule has 122 valence electrons. The number of halogens is 2. The normalized spacial score (nSPS) is 18.9.